The molecule has 0 radical (unpaired) electrons. The Morgan fingerprint density at radius 3 is 2.00 bits per heavy atom. The molecule has 0 saturated heterocycles. The molecule has 2 nitrogen and oxygen atoms in total. The van der Waals surface area contributed by atoms with Crippen LogP contribution in [0.2, 0.25) is 0 Å². The van der Waals surface area contributed by atoms with E-state index in [0.717, 1.165) is 6.42 Å². The first kappa shape index (κ1) is 13.1. The van der Waals surface area contributed by atoms with E-state index < -0.39 is 30.8 Å². The van der Waals surface area contributed by atoms with Gasteiger partial charge in [-0.2, -0.15) is 0 Å². The van der Waals surface area contributed by atoms with Crippen LogP contribution in [0.3, 0.4) is 0 Å². The first-order valence-corrected chi connectivity index (χ1v) is 5.33. The van der Waals surface area contributed by atoms with Crippen LogP contribution < -0.4 is 0 Å². The van der Waals surface area contributed by atoms with Crippen molar-refractivity contribution in [3.63, 3.8) is 0 Å². The summed E-state index contributed by atoms with van der Waals surface area (Å²) >= 11 is 0. The first-order chi connectivity index (χ1) is 7.63. The minimum atomic E-state index is -0.893. The average Bonchev–Trinajstić information content (AvgIpc) is 2.23. The van der Waals surface area contributed by atoms with Gasteiger partial charge in [0.25, 0.3) is 0 Å². The number of benzene rings is 1. The zero-order chi connectivity index (χ0) is 12.1. The quantitative estimate of drug-likeness (QED) is 0.812. The van der Waals surface area contributed by atoms with Crippen LogP contribution in [0.5, 0.6) is 0 Å². The summed E-state index contributed by atoms with van der Waals surface area (Å²) in [5.74, 6) is -2.29. The molecule has 1 rings (SSSR count). The van der Waals surface area contributed by atoms with Gasteiger partial charge >= 0.3 is 0 Å². The van der Waals surface area contributed by atoms with Gasteiger partial charge in [0.1, 0.15) is 11.6 Å². The van der Waals surface area contributed by atoms with Crippen LogP contribution in [0.4, 0.5) is 8.78 Å². The third-order valence-corrected chi connectivity index (χ3v) is 2.53. The van der Waals surface area contributed by atoms with Crippen molar-refractivity contribution in [1.29, 1.82) is 0 Å². The minimum Gasteiger partial charge on any atom is -0.396 e. The SMILES string of the molecule is CCCc1cc(F)c(C(CO)CO)c(F)c1. The van der Waals surface area contributed by atoms with Crippen LogP contribution in [0.1, 0.15) is 30.4 Å². The second kappa shape index (κ2) is 5.92. The number of aliphatic hydroxyl groups is 2. The molecule has 4 heteroatoms. The van der Waals surface area contributed by atoms with Gasteiger partial charge in [-0.25, -0.2) is 8.78 Å². The zero-order valence-electron chi connectivity index (χ0n) is 9.21. The summed E-state index contributed by atoms with van der Waals surface area (Å²) in [5, 5.41) is 17.8. The molecule has 1 aromatic carbocycles. The molecule has 16 heavy (non-hydrogen) atoms. The van der Waals surface area contributed by atoms with Gasteiger partial charge in [-0.15, -0.1) is 0 Å². The third kappa shape index (κ3) is 2.77. The summed E-state index contributed by atoms with van der Waals surface area (Å²) in [6, 6.07) is 2.53. The Labute approximate surface area is 93.5 Å². The molecule has 0 fully saturated rings. The van der Waals surface area contributed by atoms with E-state index in [9.17, 15) is 8.78 Å². The topological polar surface area (TPSA) is 40.5 Å². The summed E-state index contributed by atoms with van der Waals surface area (Å²) in [4.78, 5) is 0. The van der Waals surface area contributed by atoms with Crippen molar-refractivity contribution in [3.8, 4) is 0 Å². The lowest BCUT2D eigenvalue weighted by Gasteiger charge is -2.14. The monoisotopic (exact) mass is 230 g/mol. The predicted molar refractivity (Wildman–Crippen MR) is 57.3 cm³/mol. The fourth-order valence-corrected chi connectivity index (χ4v) is 1.70. The Kier molecular flexibility index (Phi) is 4.83. The molecule has 0 heterocycles. The minimum absolute atomic E-state index is 0.232. The first-order valence-electron chi connectivity index (χ1n) is 5.33. The molecule has 90 valence electrons. The largest absolute Gasteiger partial charge is 0.396 e. The molecule has 0 atom stereocenters. The van der Waals surface area contributed by atoms with Crippen LogP contribution in [0.15, 0.2) is 12.1 Å². The Hall–Kier alpha value is -1.00. The van der Waals surface area contributed by atoms with Crippen molar-refractivity contribution in [2.45, 2.75) is 25.7 Å². The highest BCUT2D eigenvalue weighted by molar-refractivity contribution is 5.29. The van der Waals surface area contributed by atoms with Gasteiger partial charge in [0.05, 0.1) is 13.2 Å². The molecule has 0 saturated carbocycles. The molecular formula is C12H16F2O2. The van der Waals surface area contributed by atoms with Gasteiger partial charge in [0.15, 0.2) is 0 Å². The molecule has 0 spiro atoms. The smallest absolute Gasteiger partial charge is 0.130 e. The van der Waals surface area contributed by atoms with Crippen molar-refractivity contribution in [2.24, 2.45) is 0 Å². The summed E-state index contributed by atoms with van der Waals surface area (Å²) < 4.78 is 27.2. The number of aryl methyl sites for hydroxylation is 1. The maximum absolute atomic E-state index is 13.6. The molecule has 0 aliphatic carbocycles. The second-order valence-electron chi connectivity index (χ2n) is 3.79. The molecule has 0 amide bonds. The standard InChI is InChI=1S/C12H16F2O2/c1-2-3-8-4-10(13)12(11(14)5-8)9(6-15)7-16/h4-5,9,15-16H,2-3,6-7H2,1H3. The van der Waals surface area contributed by atoms with Gasteiger partial charge in [0.2, 0.25) is 0 Å². The zero-order valence-corrected chi connectivity index (χ0v) is 9.21. The number of hydrogen-bond acceptors (Lipinski definition) is 2. The maximum atomic E-state index is 13.6. The predicted octanol–water partition coefficient (Wildman–Crippen LogP) is 1.99. The Morgan fingerprint density at radius 1 is 1.12 bits per heavy atom. The Balaban J connectivity index is 3.11. The van der Waals surface area contributed by atoms with E-state index in [4.69, 9.17) is 10.2 Å². The van der Waals surface area contributed by atoms with E-state index >= 15 is 0 Å². The third-order valence-electron chi connectivity index (χ3n) is 2.53. The summed E-state index contributed by atoms with van der Waals surface area (Å²) in [6.07, 6.45) is 1.42. The summed E-state index contributed by atoms with van der Waals surface area (Å²) in [7, 11) is 0. The molecule has 0 bridgehead atoms. The van der Waals surface area contributed by atoms with Gasteiger partial charge in [-0.05, 0) is 24.1 Å². The molecule has 0 aliphatic rings. The molecular weight excluding hydrogens is 214 g/mol. The normalized spacial score (nSPS) is 11.1. The number of hydrogen-bond donors (Lipinski definition) is 2. The average molecular weight is 230 g/mol. The number of rotatable bonds is 5. The van der Waals surface area contributed by atoms with Crippen molar-refractivity contribution in [3.05, 3.63) is 34.9 Å². The fourth-order valence-electron chi connectivity index (χ4n) is 1.70. The van der Waals surface area contributed by atoms with E-state index in [1.807, 2.05) is 6.92 Å². The summed E-state index contributed by atoms with van der Waals surface area (Å²) in [6.45, 7) is 0.975. The lowest BCUT2D eigenvalue weighted by atomic mass is 9.97. The van der Waals surface area contributed by atoms with Crippen LogP contribution in [0, 0.1) is 11.6 Å². The van der Waals surface area contributed by atoms with Crippen LogP contribution >= 0.6 is 0 Å². The Morgan fingerprint density at radius 2 is 1.62 bits per heavy atom. The lowest BCUT2D eigenvalue weighted by molar-refractivity contribution is 0.187. The van der Waals surface area contributed by atoms with Gasteiger partial charge in [-0.1, -0.05) is 13.3 Å². The Bertz CT molecular complexity index is 326. The van der Waals surface area contributed by atoms with E-state index in [1.165, 1.54) is 12.1 Å². The molecule has 0 aromatic heterocycles. The highest BCUT2D eigenvalue weighted by atomic mass is 19.1. The number of aliphatic hydroxyl groups excluding tert-OH is 2. The highest BCUT2D eigenvalue weighted by Crippen LogP contribution is 2.24. The molecule has 0 aliphatic heterocycles. The second-order valence-corrected chi connectivity index (χ2v) is 3.79. The number of halogens is 2. The van der Waals surface area contributed by atoms with E-state index in [-0.39, 0.29) is 5.56 Å². The van der Waals surface area contributed by atoms with Crippen molar-refractivity contribution in [1.82, 2.24) is 0 Å². The lowest BCUT2D eigenvalue weighted by Crippen LogP contribution is -2.13. The molecule has 2 N–H and O–H groups in total. The molecule has 1 aromatic rings. The highest BCUT2D eigenvalue weighted by Gasteiger charge is 2.19. The van der Waals surface area contributed by atoms with Gasteiger partial charge in [0, 0.05) is 11.5 Å². The van der Waals surface area contributed by atoms with Crippen molar-refractivity contribution < 1.29 is 19.0 Å². The van der Waals surface area contributed by atoms with Crippen molar-refractivity contribution in [2.75, 3.05) is 13.2 Å². The van der Waals surface area contributed by atoms with Gasteiger partial charge in [-0.3, -0.25) is 0 Å². The maximum Gasteiger partial charge on any atom is 0.130 e. The van der Waals surface area contributed by atoms with Crippen LogP contribution in [-0.4, -0.2) is 23.4 Å². The van der Waals surface area contributed by atoms with E-state index in [1.54, 1.807) is 0 Å². The van der Waals surface area contributed by atoms with Crippen molar-refractivity contribution >= 4 is 0 Å². The van der Waals surface area contributed by atoms with Gasteiger partial charge < -0.3 is 10.2 Å². The van der Waals surface area contributed by atoms with Crippen LogP contribution in [-0.2, 0) is 6.42 Å². The van der Waals surface area contributed by atoms with E-state index in [2.05, 4.69) is 0 Å². The molecule has 0 unspecified atom stereocenters. The fraction of sp³-hybridized carbons (Fsp3) is 0.500. The summed E-state index contributed by atoms with van der Waals surface area (Å²) in [5.41, 5.74) is 0.362. The van der Waals surface area contributed by atoms with Crippen LogP contribution in [0.25, 0.3) is 0 Å². The van der Waals surface area contributed by atoms with E-state index in [0.29, 0.717) is 12.0 Å².